The molecule has 114 valence electrons. The van der Waals surface area contributed by atoms with E-state index >= 15 is 0 Å². The van der Waals surface area contributed by atoms with Gasteiger partial charge in [-0.25, -0.2) is 0 Å². The van der Waals surface area contributed by atoms with Crippen LogP contribution in [0.1, 0.15) is 41.0 Å². The van der Waals surface area contributed by atoms with Crippen molar-refractivity contribution in [3.05, 3.63) is 60.7 Å². The zero-order valence-electron chi connectivity index (χ0n) is 13.9. The van der Waals surface area contributed by atoms with Crippen LogP contribution in [0.15, 0.2) is 60.7 Å². The molecule has 0 saturated heterocycles. The monoisotopic (exact) mass is 284 g/mol. The fourth-order valence-electron chi connectivity index (χ4n) is 1.21. The minimum Gasteiger partial charge on any atom is -0.356 e. The Labute approximate surface area is 130 Å². The third kappa shape index (κ3) is 12.5. The van der Waals surface area contributed by atoms with Crippen LogP contribution in [0.5, 0.6) is 0 Å². The van der Waals surface area contributed by atoms with Gasteiger partial charge < -0.3 is 5.32 Å². The van der Waals surface area contributed by atoms with E-state index in [0.717, 1.165) is 11.4 Å². The number of rotatable bonds is 2. The summed E-state index contributed by atoms with van der Waals surface area (Å²) in [5.41, 5.74) is 2.24. The van der Waals surface area contributed by atoms with Crippen LogP contribution in [0.25, 0.3) is 0 Å². The molecule has 2 aromatic rings. The summed E-state index contributed by atoms with van der Waals surface area (Å²) in [6.45, 7) is 9.82. The molecule has 0 heterocycles. The molecule has 0 aromatic heterocycles. The Kier molecular flexibility index (Phi) is 17.8. The Balaban J connectivity index is 0. The smallest absolute Gasteiger partial charge is 0.0618 e. The molecule has 0 aliphatic carbocycles. The summed E-state index contributed by atoms with van der Waals surface area (Å²) in [7, 11) is 0. The molecule has 0 aliphatic rings. The van der Waals surface area contributed by atoms with Crippen molar-refractivity contribution in [3.8, 4) is 6.07 Å². The number of nitrogens with zero attached hydrogens (tertiary/aromatic N) is 1. The first-order valence-corrected chi connectivity index (χ1v) is 7.61. The van der Waals surface area contributed by atoms with Crippen molar-refractivity contribution < 1.29 is 0 Å². The highest BCUT2D eigenvalue weighted by molar-refractivity contribution is 5.58. The summed E-state index contributed by atoms with van der Waals surface area (Å²) in [5.74, 6) is 0. The van der Waals surface area contributed by atoms with Crippen molar-refractivity contribution in [3.63, 3.8) is 0 Å². The molecule has 0 radical (unpaired) electrons. The second-order valence-corrected chi connectivity index (χ2v) is 3.37. The predicted molar refractivity (Wildman–Crippen MR) is 94.8 cm³/mol. The average molecular weight is 284 g/mol. The predicted octanol–water partition coefficient (Wildman–Crippen LogP) is 6.40. The van der Waals surface area contributed by atoms with Crippen LogP contribution in [0.2, 0.25) is 0 Å². The lowest BCUT2D eigenvalue weighted by Gasteiger charge is -2.04. The van der Waals surface area contributed by atoms with Crippen LogP contribution >= 0.6 is 0 Å². The van der Waals surface area contributed by atoms with E-state index in [-0.39, 0.29) is 0 Å². The summed E-state index contributed by atoms with van der Waals surface area (Å²) in [5, 5.41) is 10.9. The molecule has 0 fully saturated rings. The Hall–Kier alpha value is -2.27. The van der Waals surface area contributed by atoms with E-state index in [9.17, 15) is 0 Å². The fourth-order valence-corrected chi connectivity index (χ4v) is 1.21. The average Bonchev–Trinajstić information content (AvgIpc) is 2.60. The second kappa shape index (κ2) is 17.7. The van der Waals surface area contributed by atoms with Gasteiger partial charge in [0.25, 0.3) is 0 Å². The molecule has 2 heteroatoms. The Morgan fingerprint density at radius 2 is 1.05 bits per heavy atom. The van der Waals surface area contributed by atoms with E-state index in [2.05, 4.69) is 5.32 Å². The molecule has 0 aliphatic heterocycles. The summed E-state index contributed by atoms with van der Waals surface area (Å²) in [6, 6.07) is 22.2. The maximum Gasteiger partial charge on any atom is 0.0618 e. The number of anilines is 2. The number of benzene rings is 2. The summed E-state index contributed by atoms with van der Waals surface area (Å²) < 4.78 is 0. The van der Waals surface area contributed by atoms with Gasteiger partial charge in [-0.3, -0.25) is 0 Å². The highest BCUT2D eigenvalue weighted by Crippen LogP contribution is 2.14. The number of hydrogen-bond acceptors (Lipinski definition) is 2. The maximum absolute atomic E-state index is 7.62. The molecule has 2 nitrogen and oxygen atoms in total. The second-order valence-electron chi connectivity index (χ2n) is 3.37. The number of nitriles is 1. The molecule has 0 saturated carbocycles. The van der Waals surface area contributed by atoms with Crippen LogP contribution in [0.3, 0.4) is 0 Å². The number of hydrogen-bond donors (Lipinski definition) is 1. The molecule has 1 N–H and O–H groups in total. The molecule has 0 amide bonds. The van der Waals surface area contributed by atoms with Gasteiger partial charge in [-0.15, -0.1) is 0 Å². The standard InChI is InChI=1S/C12H11N.C3H5N.2C2H6/c1-3-7-11(8-4-1)13-12-9-5-2-6-10-12;1-2-3-4;2*1-2/h1-10,13H;2H2,1H3;2*1-2H3. The lowest BCUT2D eigenvalue weighted by atomic mass is 10.3. The van der Waals surface area contributed by atoms with Gasteiger partial charge in [0.2, 0.25) is 0 Å². The molecule has 0 unspecified atom stereocenters. The van der Waals surface area contributed by atoms with E-state index < -0.39 is 0 Å². The van der Waals surface area contributed by atoms with Gasteiger partial charge in [-0.1, -0.05) is 71.0 Å². The molecule has 0 atom stereocenters. The molecule has 21 heavy (non-hydrogen) atoms. The molecule has 2 aromatic carbocycles. The summed E-state index contributed by atoms with van der Waals surface area (Å²) in [4.78, 5) is 0. The van der Waals surface area contributed by atoms with Gasteiger partial charge in [0.15, 0.2) is 0 Å². The van der Waals surface area contributed by atoms with Crippen molar-refractivity contribution in [2.75, 3.05) is 5.32 Å². The quantitative estimate of drug-likeness (QED) is 0.692. The largest absolute Gasteiger partial charge is 0.356 e. The van der Waals surface area contributed by atoms with Gasteiger partial charge in [0.1, 0.15) is 0 Å². The SMILES string of the molecule is CC.CC.CCC#N.c1ccc(Nc2ccccc2)cc1. The molecule has 0 bridgehead atoms. The lowest BCUT2D eigenvalue weighted by molar-refractivity contribution is 1.22. The number of nitrogens with one attached hydrogen (secondary N) is 1. The first kappa shape index (κ1) is 21.0. The van der Waals surface area contributed by atoms with Gasteiger partial charge in [0.05, 0.1) is 6.07 Å². The molecule has 2 rings (SSSR count). The first-order valence-electron chi connectivity index (χ1n) is 7.61. The molecular weight excluding hydrogens is 256 g/mol. The summed E-state index contributed by atoms with van der Waals surface area (Å²) in [6.07, 6.45) is 0.625. The van der Waals surface area contributed by atoms with Crippen LogP contribution in [0.4, 0.5) is 11.4 Å². The Bertz CT molecular complexity index is 406. The van der Waals surface area contributed by atoms with E-state index in [0.29, 0.717) is 6.42 Å². The maximum atomic E-state index is 7.62. The van der Waals surface area contributed by atoms with Crippen LogP contribution in [0, 0.1) is 11.3 Å². The van der Waals surface area contributed by atoms with Crippen LogP contribution in [-0.4, -0.2) is 0 Å². The minimum atomic E-state index is 0.625. The minimum absolute atomic E-state index is 0.625. The lowest BCUT2D eigenvalue weighted by Crippen LogP contribution is -1.87. The topological polar surface area (TPSA) is 35.8 Å². The zero-order valence-corrected chi connectivity index (χ0v) is 13.9. The van der Waals surface area contributed by atoms with Gasteiger partial charge in [-0.2, -0.15) is 5.26 Å². The number of para-hydroxylation sites is 2. The summed E-state index contributed by atoms with van der Waals surface area (Å²) >= 11 is 0. The van der Waals surface area contributed by atoms with E-state index in [4.69, 9.17) is 5.26 Å². The fraction of sp³-hybridized carbons (Fsp3) is 0.316. The third-order valence-electron chi connectivity index (χ3n) is 1.99. The van der Waals surface area contributed by atoms with Crippen molar-refractivity contribution in [2.45, 2.75) is 41.0 Å². The Morgan fingerprint density at radius 1 is 0.762 bits per heavy atom. The Morgan fingerprint density at radius 3 is 1.29 bits per heavy atom. The zero-order chi connectivity index (χ0) is 16.3. The van der Waals surface area contributed by atoms with Crippen molar-refractivity contribution in [1.82, 2.24) is 0 Å². The molecular formula is C19H28N2. The molecule has 0 spiro atoms. The third-order valence-corrected chi connectivity index (χ3v) is 1.99. The van der Waals surface area contributed by atoms with E-state index in [1.165, 1.54) is 0 Å². The van der Waals surface area contributed by atoms with E-state index in [1.807, 2.05) is 101 Å². The van der Waals surface area contributed by atoms with Crippen LogP contribution in [-0.2, 0) is 0 Å². The highest BCUT2D eigenvalue weighted by atomic mass is 14.9. The van der Waals surface area contributed by atoms with Gasteiger partial charge >= 0.3 is 0 Å². The van der Waals surface area contributed by atoms with Crippen LogP contribution < -0.4 is 5.32 Å². The van der Waals surface area contributed by atoms with E-state index in [1.54, 1.807) is 0 Å². The van der Waals surface area contributed by atoms with Crippen molar-refractivity contribution in [2.24, 2.45) is 0 Å². The van der Waals surface area contributed by atoms with Crippen molar-refractivity contribution in [1.29, 1.82) is 5.26 Å². The highest BCUT2D eigenvalue weighted by Gasteiger charge is 1.89. The first-order chi connectivity index (χ1) is 10.4. The van der Waals surface area contributed by atoms with Gasteiger partial charge in [-0.05, 0) is 24.3 Å². The normalized spacial score (nSPS) is 7.43. The van der Waals surface area contributed by atoms with Gasteiger partial charge in [0, 0.05) is 17.8 Å². The van der Waals surface area contributed by atoms with Crippen molar-refractivity contribution >= 4 is 11.4 Å².